The summed E-state index contributed by atoms with van der Waals surface area (Å²) >= 11 is 0.895. The molecule has 0 aliphatic carbocycles. The van der Waals surface area contributed by atoms with Gasteiger partial charge in [-0.1, -0.05) is 0 Å². The van der Waals surface area contributed by atoms with Crippen LogP contribution < -0.4 is 4.72 Å². The van der Waals surface area contributed by atoms with Crippen LogP contribution in [-0.2, 0) is 10.0 Å². The van der Waals surface area contributed by atoms with Crippen molar-refractivity contribution in [2.75, 3.05) is 27.2 Å². The van der Waals surface area contributed by atoms with Crippen LogP contribution >= 0.6 is 11.3 Å². The number of nitrogens with zero attached hydrogens (tertiary/aromatic N) is 1. The normalized spacial score (nSPS) is 11.9. The molecule has 0 saturated carbocycles. The molecule has 1 heterocycles. The minimum absolute atomic E-state index is 0.00124. The molecule has 1 rings (SSSR count). The standard InChI is InChI=1S/C9H14N2O4S2/c1-11(2)4-3-10-17(14,15)7-5-8(9(12)13)16-6-7/h5-6,10H,3-4H2,1-2H3,(H,12,13). The molecule has 96 valence electrons. The molecule has 0 amide bonds. The maximum absolute atomic E-state index is 11.7. The largest absolute Gasteiger partial charge is 0.477 e. The third kappa shape index (κ3) is 4.08. The van der Waals surface area contributed by atoms with Crippen LogP contribution in [0, 0.1) is 0 Å². The average molecular weight is 278 g/mol. The Morgan fingerprint density at radius 2 is 2.18 bits per heavy atom. The van der Waals surface area contributed by atoms with Crippen LogP contribution in [0.3, 0.4) is 0 Å². The maximum atomic E-state index is 11.7. The van der Waals surface area contributed by atoms with Crippen molar-refractivity contribution >= 4 is 27.3 Å². The molecule has 0 radical (unpaired) electrons. The molecule has 0 spiro atoms. The summed E-state index contributed by atoms with van der Waals surface area (Å²) in [6, 6.07) is 1.16. The number of rotatable bonds is 6. The molecule has 0 saturated heterocycles. The van der Waals surface area contributed by atoms with E-state index in [0.717, 1.165) is 17.4 Å². The third-order valence-corrected chi connectivity index (χ3v) is 4.46. The van der Waals surface area contributed by atoms with Crippen molar-refractivity contribution < 1.29 is 18.3 Å². The van der Waals surface area contributed by atoms with Crippen molar-refractivity contribution in [3.05, 3.63) is 16.3 Å². The van der Waals surface area contributed by atoms with Crippen LogP contribution in [0.15, 0.2) is 16.3 Å². The van der Waals surface area contributed by atoms with Gasteiger partial charge in [-0.05, 0) is 20.2 Å². The van der Waals surface area contributed by atoms with Gasteiger partial charge < -0.3 is 10.0 Å². The first kappa shape index (κ1) is 14.1. The Balaban J connectivity index is 2.72. The predicted octanol–water partition coefficient (Wildman–Crippen LogP) is 0.286. The summed E-state index contributed by atoms with van der Waals surface area (Å²) in [6.07, 6.45) is 0. The lowest BCUT2D eigenvalue weighted by atomic mass is 10.5. The highest BCUT2D eigenvalue weighted by molar-refractivity contribution is 7.89. The zero-order valence-corrected chi connectivity index (χ0v) is 11.1. The average Bonchev–Trinajstić information content (AvgIpc) is 2.65. The van der Waals surface area contributed by atoms with Crippen LogP contribution in [0.25, 0.3) is 0 Å². The second-order valence-electron chi connectivity index (χ2n) is 3.65. The Morgan fingerprint density at radius 3 is 2.65 bits per heavy atom. The van der Waals surface area contributed by atoms with Crippen LogP contribution in [0.1, 0.15) is 9.67 Å². The second-order valence-corrected chi connectivity index (χ2v) is 6.33. The number of carbonyl (C=O) groups is 1. The number of thiophene rings is 1. The number of carboxylic acids is 1. The molecule has 0 bridgehead atoms. The fourth-order valence-electron chi connectivity index (χ4n) is 1.06. The quantitative estimate of drug-likeness (QED) is 0.781. The van der Waals surface area contributed by atoms with E-state index in [2.05, 4.69) is 4.72 Å². The van der Waals surface area contributed by atoms with E-state index >= 15 is 0 Å². The summed E-state index contributed by atoms with van der Waals surface area (Å²) in [5.74, 6) is -1.12. The second kappa shape index (κ2) is 5.58. The number of carboxylic acid groups (broad SMARTS) is 1. The smallest absolute Gasteiger partial charge is 0.345 e. The van der Waals surface area contributed by atoms with Gasteiger partial charge in [0.2, 0.25) is 10.0 Å². The third-order valence-electron chi connectivity index (χ3n) is 1.95. The first-order valence-electron chi connectivity index (χ1n) is 4.79. The molecule has 0 aliphatic heterocycles. The molecule has 0 unspecified atom stereocenters. The van der Waals surface area contributed by atoms with Gasteiger partial charge >= 0.3 is 5.97 Å². The maximum Gasteiger partial charge on any atom is 0.345 e. The highest BCUT2D eigenvalue weighted by atomic mass is 32.2. The number of likely N-dealkylation sites (N-methyl/N-ethyl adjacent to an activating group) is 1. The number of hydrogen-bond donors (Lipinski definition) is 2. The summed E-state index contributed by atoms with van der Waals surface area (Å²) in [6.45, 7) is 0.864. The molecule has 0 aromatic carbocycles. The number of aromatic carboxylic acids is 1. The Kier molecular flexibility index (Phi) is 4.63. The molecule has 17 heavy (non-hydrogen) atoms. The first-order chi connectivity index (χ1) is 7.83. The van der Waals surface area contributed by atoms with Crippen molar-refractivity contribution in [1.29, 1.82) is 0 Å². The van der Waals surface area contributed by atoms with Crippen molar-refractivity contribution in [3.63, 3.8) is 0 Å². The summed E-state index contributed by atoms with van der Waals surface area (Å²) in [5.41, 5.74) is 0. The van der Waals surface area contributed by atoms with E-state index in [4.69, 9.17) is 5.11 Å². The topological polar surface area (TPSA) is 86.7 Å². The van der Waals surface area contributed by atoms with Gasteiger partial charge in [0.05, 0.1) is 4.90 Å². The highest BCUT2D eigenvalue weighted by Crippen LogP contribution is 2.18. The van der Waals surface area contributed by atoms with E-state index in [-0.39, 0.29) is 16.3 Å². The van der Waals surface area contributed by atoms with Gasteiger partial charge in [-0.15, -0.1) is 11.3 Å². The van der Waals surface area contributed by atoms with Crippen LogP contribution in [0.4, 0.5) is 0 Å². The molecule has 0 aliphatic rings. The molecule has 2 N–H and O–H groups in total. The number of sulfonamides is 1. The van der Waals surface area contributed by atoms with Crippen molar-refractivity contribution in [3.8, 4) is 0 Å². The van der Waals surface area contributed by atoms with Gasteiger partial charge in [0.1, 0.15) is 4.88 Å². The first-order valence-corrected chi connectivity index (χ1v) is 7.15. The van der Waals surface area contributed by atoms with Gasteiger partial charge in [-0.2, -0.15) is 0 Å². The highest BCUT2D eigenvalue weighted by Gasteiger charge is 2.17. The SMILES string of the molecule is CN(C)CCNS(=O)(=O)c1csc(C(=O)O)c1. The zero-order valence-electron chi connectivity index (χ0n) is 9.50. The lowest BCUT2D eigenvalue weighted by Crippen LogP contribution is -2.31. The Morgan fingerprint density at radius 1 is 1.53 bits per heavy atom. The molecular formula is C9H14N2O4S2. The Hall–Kier alpha value is -0.960. The summed E-state index contributed by atoms with van der Waals surface area (Å²) < 4.78 is 25.9. The monoisotopic (exact) mass is 278 g/mol. The van der Waals surface area contributed by atoms with Crippen LogP contribution in [0.5, 0.6) is 0 Å². The molecule has 1 aromatic heterocycles. The fraction of sp³-hybridized carbons (Fsp3) is 0.444. The molecular weight excluding hydrogens is 264 g/mol. The van der Waals surface area contributed by atoms with E-state index in [1.54, 1.807) is 0 Å². The molecule has 0 atom stereocenters. The van der Waals surface area contributed by atoms with Crippen molar-refractivity contribution in [2.45, 2.75) is 4.90 Å². The van der Waals surface area contributed by atoms with Gasteiger partial charge in [0.25, 0.3) is 0 Å². The molecule has 0 fully saturated rings. The van der Waals surface area contributed by atoms with Gasteiger partial charge in [0.15, 0.2) is 0 Å². The summed E-state index contributed by atoms with van der Waals surface area (Å²) in [7, 11) is 0.0713. The lowest BCUT2D eigenvalue weighted by molar-refractivity contribution is 0.0702. The number of nitrogens with one attached hydrogen (secondary N) is 1. The van der Waals surface area contributed by atoms with E-state index in [1.807, 2.05) is 19.0 Å². The van der Waals surface area contributed by atoms with E-state index < -0.39 is 16.0 Å². The van der Waals surface area contributed by atoms with Crippen LogP contribution in [0.2, 0.25) is 0 Å². The summed E-state index contributed by atoms with van der Waals surface area (Å²) in [4.78, 5) is 12.5. The predicted molar refractivity (Wildman–Crippen MR) is 65.0 cm³/mol. The van der Waals surface area contributed by atoms with E-state index in [0.29, 0.717) is 6.54 Å². The van der Waals surface area contributed by atoms with Crippen molar-refractivity contribution in [2.24, 2.45) is 0 Å². The molecule has 6 nitrogen and oxygen atoms in total. The summed E-state index contributed by atoms with van der Waals surface area (Å²) in [5, 5.41) is 10.0. The van der Waals surface area contributed by atoms with E-state index in [9.17, 15) is 13.2 Å². The van der Waals surface area contributed by atoms with Gasteiger partial charge in [-0.25, -0.2) is 17.9 Å². The Labute approximate surface area is 104 Å². The molecule has 1 aromatic rings. The van der Waals surface area contributed by atoms with Gasteiger partial charge in [0, 0.05) is 18.5 Å². The van der Waals surface area contributed by atoms with Crippen LogP contribution in [-0.4, -0.2) is 51.6 Å². The molecule has 8 heteroatoms. The van der Waals surface area contributed by atoms with E-state index in [1.165, 1.54) is 5.38 Å². The minimum atomic E-state index is -3.60. The van der Waals surface area contributed by atoms with Crippen molar-refractivity contribution in [1.82, 2.24) is 9.62 Å². The number of hydrogen-bond acceptors (Lipinski definition) is 5. The van der Waals surface area contributed by atoms with Gasteiger partial charge in [-0.3, -0.25) is 0 Å². The zero-order chi connectivity index (χ0) is 13.1. The minimum Gasteiger partial charge on any atom is -0.477 e. The lowest BCUT2D eigenvalue weighted by Gasteiger charge is -2.09. The Bertz CT molecular complexity index is 493. The fourth-order valence-corrected chi connectivity index (χ4v) is 3.19.